The molecular weight excluding hydrogens is 739 g/mol. The first kappa shape index (κ1) is 33.9. The molecule has 8 aromatic carbocycles. The number of anilines is 3. The van der Waals surface area contributed by atoms with Gasteiger partial charge in [-0.1, -0.05) is 121 Å². The fraction of sp³-hybridized carbons (Fsp3) is 0.172. The van der Waals surface area contributed by atoms with Gasteiger partial charge >= 0.3 is 0 Å². The molecule has 4 saturated carbocycles. The summed E-state index contributed by atoms with van der Waals surface area (Å²) in [6, 6.07) is 70.9. The predicted octanol–water partition coefficient (Wildman–Crippen LogP) is 15.1. The summed E-state index contributed by atoms with van der Waals surface area (Å²) in [5.74, 6) is 3.03. The van der Waals surface area contributed by atoms with Crippen LogP contribution in [-0.4, -0.2) is 9.13 Å². The summed E-state index contributed by atoms with van der Waals surface area (Å²) in [5, 5.41) is 5.24. The molecule has 2 aromatic heterocycles. The van der Waals surface area contributed by atoms with Gasteiger partial charge in [0.15, 0.2) is 0 Å². The minimum absolute atomic E-state index is 0.0202. The molecule has 4 bridgehead atoms. The molecule has 4 aliphatic carbocycles. The van der Waals surface area contributed by atoms with Crippen LogP contribution in [0.4, 0.5) is 17.1 Å². The van der Waals surface area contributed by atoms with Gasteiger partial charge < -0.3 is 14.0 Å². The van der Waals surface area contributed by atoms with E-state index < -0.39 is 0 Å². The molecule has 61 heavy (non-hydrogen) atoms. The molecule has 3 nitrogen and oxygen atoms in total. The Balaban J connectivity index is 1.05. The summed E-state index contributed by atoms with van der Waals surface area (Å²) in [6.07, 6.45) is 6.82. The van der Waals surface area contributed by atoms with E-state index in [4.69, 9.17) is 0 Å². The van der Waals surface area contributed by atoms with Gasteiger partial charge in [-0.15, -0.1) is 0 Å². The van der Waals surface area contributed by atoms with E-state index in [2.05, 4.69) is 202 Å². The highest BCUT2D eigenvalue weighted by Gasteiger charge is 2.61. The highest BCUT2D eigenvalue weighted by atomic mass is 15.1. The van der Waals surface area contributed by atoms with Crippen LogP contribution in [-0.2, 0) is 5.41 Å². The van der Waals surface area contributed by atoms with Crippen LogP contribution < -0.4 is 4.90 Å². The number of hydrogen-bond donors (Lipinski definition) is 0. The number of nitrogens with zero attached hydrogens (tertiary/aromatic N) is 3. The van der Waals surface area contributed by atoms with E-state index in [1.54, 1.807) is 11.1 Å². The second-order valence-corrected chi connectivity index (χ2v) is 18.5. The first-order chi connectivity index (χ1) is 30.2. The summed E-state index contributed by atoms with van der Waals surface area (Å²) >= 11 is 0. The number of fused-ring (bicyclic) bond motifs is 8. The summed E-state index contributed by atoms with van der Waals surface area (Å²) in [5.41, 5.74) is 16.8. The average molecular weight is 784 g/mol. The van der Waals surface area contributed by atoms with E-state index in [1.807, 2.05) is 0 Å². The van der Waals surface area contributed by atoms with Crippen LogP contribution in [0.5, 0.6) is 0 Å². The Morgan fingerprint density at radius 1 is 0.426 bits per heavy atom. The van der Waals surface area contributed by atoms with Crippen LogP contribution >= 0.6 is 0 Å². The van der Waals surface area contributed by atoms with Gasteiger partial charge in [0, 0.05) is 49.6 Å². The van der Waals surface area contributed by atoms with Crippen LogP contribution in [0.2, 0.25) is 0 Å². The van der Waals surface area contributed by atoms with E-state index in [0.717, 1.165) is 23.2 Å². The van der Waals surface area contributed by atoms with Crippen molar-refractivity contribution in [3.8, 4) is 22.5 Å². The third-order valence-corrected chi connectivity index (χ3v) is 15.6. The van der Waals surface area contributed by atoms with Crippen LogP contribution in [0, 0.1) is 23.7 Å². The van der Waals surface area contributed by atoms with Crippen molar-refractivity contribution in [3.63, 3.8) is 0 Å². The van der Waals surface area contributed by atoms with E-state index in [9.17, 15) is 0 Å². The van der Waals surface area contributed by atoms with E-state index in [1.165, 1.54) is 104 Å². The summed E-state index contributed by atoms with van der Waals surface area (Å²) < 4.78 is 5.06. The molecular formula is C58H45N3. The monoisotopic (exact) mass is 783 g/mol. The van der Waals surface area contributed by atoms with Crippen molar-refractivity contribution in [1.29, 1.82) is 0 Å². The number of aromatic nitrogens is 2. The van der Waals surface area contributed by atoms with E-state index in [0.29, 0.717) is 11.8 Å². The topological polar surface area (TPSA) is 13.1 Å². The molecule has 0 saturated heterocycles. The molecule has 0 atom stereocenters. The van der Waals surface area contributed by atoms with Gasteiger partial charge in [0.25, 0.3) is 0 Å². The standard InChI is InChI=1S/C58H45N3/c1-2-14-39(15-3-1)45-16-4-9-21-52(45)59(42-26-28-43(29-27-42)60-53-22-10-5-17-46(53)47-18-6-11-23-54(47)60)44-35-49-48-19-7-12-24-55(48)61-56-25-13-8-20-50(56)58(51(36-44)57(49)61)40-31-37-30-38(33-40)34-41(58)32-37/h1-29,35-38,40-41H,30-34H2. The third-order valence-electron chi connectivity index (χ3n) is 15.6. The molecule has 1 spiro atoms. The van der Waals surface area contributed by atoms with Crippen molar-refractivity contribution in [2.24, 2.45) is 23.7 Å². The molecule has 10 aromatic rings. The molecule has 3 heterocycles. The van der Waals surface area contributed by atoms with Gasteiger partial charge in [-0.3, -0.25) is 0 Å². The molecule has 5 aliphatic rings. The molecule has 0 radical (unpaired) electrons. The highest BCUT2D eigenvalue weighted by Crippen LogP contribution is 2.68. The number of hydrogen-bond acceptors (Lipinski definition) is 1. The molecule has 4 fully saturated rings. The van der Waals surface area contributed by atoms with Crippen molar-refractivity contribution in [1.82, 2.24) is 9.13 Å². The van der Waals surface area contributed by atoms with Crippen LogP contribution in [0.25, 0.3) is 66.1 Å². The van der Waals surface area contributed by atoms with Gasteiger partial charge in [-0.2, -0.15) is 0 Å². The zero-order chi connectivity index (χ0) is 39.8. The number of rotatable bonds is 5. The lowest BCUT2D eigenvalue weighted by Crippen LogP contribution is -2.57. The maximum atomic E-state index is 2.67. The second-order valence-electron chi connectivity index (χ2n) is 18.5. The van der Waals surface area contributed by atoms with Crippen LogP contribution in [0.3, 0.4) is 0 Å². The quantitative estimate of drug-likeness (QED) is 0.169. The fourth-order valence-corrected chi connectivity index (χ4v) is 13.7. The first-order valence-electron chi connectivity index (χ1n) is 22.4. The molecule has 15 rings (SSSR count). The summed E-state index contributed by atoms with van der Waals surface area (Å²) in [7, 11) is 0. The molecule has 3 heteroatoms. The average Bonchev–Trinajstić information content (AvgIpc) is 3.83. The minimum atomic E-state index is -0.0202. The van der Waals surface area contributed by atoms with Gasteiger partial charge in [0.05, 0.1) is 33.4 Å². The Morgan fingerprint density at radius 2 is 0.984 bits per heavy atom. The largest absolute Gasteiger partial charge is 0.310 e. The summed E-state index contributed by atoms with van der Waals surface area (Å²) in [4.78, 5) is 2.57. The predicted molar refractivity (Wildman–Crippen MR) is 253 cm³/mol. The number of benzene rings is 8. The van der Waals surface area contributed by atoms with Crippen molar-refractivity contribution in [3.05, 3.63) is 199 Å². The maximum absolute atomic E-state index is 2.67. The molecule has 1 aliphatic heterocycles. The highest BCUT2D eigenvalue weighted by molar-refractivity contribution is 6.14. The van der Waals surface area contributed by atoms with Crippen LogP contribution in [0.15, 0.2) is 188 Å². The van der Waals surface area contributed by atoms with Crippen molar-refractivity contribution >= 4 is 60.7 Å². The molecule has 0 N–H and O–H groups in total. The maximum Gasteiger partial charge on any atom is 0.0584 e. The Labute approximate surface area is 356 Å². The van der Waals surface area contributed by atoms with Gasteiger partial charge in [0.2, 0.25) is 0 Å². The Kier molecular flexibility index (Phi) is 7.01. The van der Waals surface area contributed by atoms with Crippen LogP contribution in [0.1, 0.15) is 43.2 Å². The third kappa shape index (κ3) is 4.59. The Hall–Kier alpha value is -6.84. The van der Waals surface area contributed by atoms with Gasteiger partial charge in [-0.05, 0) is 139 Å². The molecule has 0 amide bonds. The first-order valence-corrected chi connectivity index (χ1v) is 22.4. The van der Waals surface area contributed by atoms with Crippen molar-refractivity contribution in [2.75, 3.05) is 4.90 Å². The SMILES string of the molecule is c1ccc(-c2ccccc2N(c2ccc(-n3c4ccccc4c4ccccc43)cc2)c2cc3c4c(c2)c2ccccc2n4-c2ccccc2C32C3CC4CC(C3)CC2C4)cc1. The van der Waals surface area contributed by atoms with E-state index >= 15 is 0 Å². The van der Waals surface area contributed by atoms with Gasteiger partial charge in [-0.25, -0.2) is 0 Å². The van der Waals surface area contributed by atoms with Gasteiger partial charge in [0.1, 0.15) is 0 Å². The van der Waals surface area contributed by atoms with Crippen molar-refractivity contribution < 1.29 is 0 Å². The fourth-order valence-electron chi connectivity index (χ4n) is 13.7. The lowest BCUT2D eigenvalue weighted by atomic mass is 9.41. The van der Waals surface area contributed by atoms with Crippen molar-refractivity contribution in [2.45, 2.75) is 37.5 Å². The molecule has 292 valence electrons. The Bertz CT molecular complexity index is 3300. The minimum Gasteiger partial charge on any atom is -0.310 e. The zero-order valence-electron chi connectivity index (χ0n) is 34.1. The Morgan fingerprint density at radius 3 is 1.67 bits per heavy atom. The normalized spacial score (nSPS) is 22.2. The van der Waals surface area contributed by atoms with E-state index in [-0.39, 0.29) is 5.41 Å². The smallest absolute Gasteiger partial charge is 0.0584 e. The molecule has 0 unspecified atom stereocenters. The lowest BCUT2D eigenvalue weighted by molar-refractivity contribution is -0.0418. The lowest BCUT2D eigenvalue weighted by Gasteiger charge is -2.63. The second kappa shape index (κ2) is 12.6. The number of para-hydroxylation sites is 5. The summed E-state index contributed by atoms with van der Waals surface area (Å²) in [6.45, 7) is 0. The zero-order valence-corrected chi connectivity index (χ0v) is 34.1.